The zero-order chi connectivity index (χ0) is 21.4. The Bertz CT molecular complexity index is 508. The summed E-state index contributed by atoms with van der Waals surface area (Å²) in [5, 5.41) is 0. The maximum absolute atomic E-state index is 12.6. The van der Waals surface area contributed by atoms with E-state index in [2.05, 4.69) is 20.8 Å². The van der Waals surface area contributed by atoms with E-state index < -0.39 is 0 Å². The number of carbonyl (C=O) groups excluding carboxylic acids is 1. The first kappa shape index (κ1) is 26.0. The van der Waals surface area contributed by atoms with E-state index in [0.717, 1.165) is 30.7 Å². The molecule has 0 heterocycles. The lowest BCUT2D eigenvalue weighted by Crippen LogP contribution is -2.55. The predicted octanol–water partition coefficient (Wildman–Crippen LogP) is 6.84. The lowest BCUT2D eigenvalue weighted by Gasteiger charge is -2.41. The van der Waals surface area contributed by atoms with Crippen molar-refractivity contribution in [1.29, 1.82) is 0 Å². The molecule has 0 aliphatic rings. The van der Waals surface area contributed by atoms with Crippen LogP contribution < -0.4 is 0 Å². The molecule has 1 atom stereocenters. The molecule has 0 amide bonds. The maximum atomic E-state index is 12.6. The standard InChI is InChI=1S/C25H43ClNO2/c1-4-7-13-18-27(19-14-8-5-2,20-15-9-6-3)22-24(21-26)29-25(28)23-16-11-10-12-17-23/h10-12,16-17,24H,4-9,13-15,18-22H2,1-3H3/q+1. The fourth-order valence-corrected chi connectivity index (χ4v) is 4.20. The highest BCUT2D eigenvalue weighted by Crippen LogP contribution is 2.20. The predicted molar refractivity (Wildman–Crippen MR) is 125 cm³/mol. The molecule has 0 N–H and O–H groups in total. The lowest BCUT2D eigenvalue weighted by molar-refractivity contribution is -0.931. The van der Waals surface area contributed by atoms with Crippen molar-refractivity contribution in [3.63, 3.8) is 0 Å². The zero-order valence-electron chi connectivity index (χ0n) is 19.0. The van der Waals surface area contributed by atoms with Crippen LogP contribution in [0.25, 0.3) is 0 Å². The van der Waals surface area contributed by atoms with Gasteiger partial charge in [-0.3, -0.25) is 0 Å². The van der Waals surface area contributed by atoms with Crippen molar-refractivity contribution in [2.45, 2.75) is 84.7 Å². The van der Waals surface area contributed by atoms with Crippen LogP contribution in [0.2, 0.25) is 0 Å². The van der Waals surface area contributed by atoms with Crippen molar-refractivity contribution in [3.05, 3.63) is 35.9 Å². The minimum Gasteiger partial charge on any atom is -0.451 e. The van der Waals surface area contributed by atoms with Crippen LogP contribution in [0.15, 0.2) is 30.3 Å². The molecule has 0 bridgehead atoms. The Morgan fingerprint density at radius 1 is 0.862 bits per heavy atom. The van der Waals surface area contributed by atoms with Gasteiger partial charge < -0.3 is 9.22 Å². The number of quaternary nitrogens is 1. The van der Waals surface area contributed by atoms with Gasteiger partial charge in [-0.05, 0) is 50.7 Å². The highest BCUT2D eigenvalue weighted by molar-refractivity contribution is 6.18. The number of ether oxygens (including phenoxy) is 1. The minimum atomic E-state index is -0.259. The molecule has 3 nitrogen and oxygen atoms in total. The number of alkyl halides is 1. The van der Waals surface area contributed by atoms with Crippen LogP contribution in [0.3, 0.4) is 0 Å². The van der Waals surface area contributed by atoms with Gasteiger partial charge in [0.15, 0.2) is 6.10 Å². The molecule has 0 aliphatic carbocycles. The first-order chi connectivity index (χ1) is 14.1. The summed E-state index contributed by atoms with van der Waals surface area (Å²) in [6.07, 6.45) is 10.9. The molecule has 29 heavy (non-hydrogen) atoms. The van der Waals surface area contributed by atoms with Crippen LogP contribution in [-0.4, -0.2) is 48.6 Å². The van der Waals surface area contributed by atoms with Gasteiger partial charge in [0.2, 0.25) is 0 Å². The molecule has 0 aromatic heterocycles. The Balaban J connectivity index is 2.90. The van der Waals surface area contributed by atoms with Crippen molar-refractivity contribution in [2.75, 3.05) is 32.1 Å². The van der Waals surface area contributed by atoms with E-state index in [1.165, 1.54) is 57.8 Å². The average molecular weight is 425 g/mol. The van der Waals surface area contributed by atoms with Gasteiger partial charge in [-0.15, -0.1) is 11.6 Å². The molecule has 1 unspecified atom stereocenters. The monoisotopic (exact) mass is 424 g/mol. The van der Waals surface area contributed by atoms with Gasteiger partial charge >= 0.3 is 5.97 Å². The molecular formula is C25H43ClNO2+. The first-order valence-electron chi connectivity index (χ1n) is 11.8. The number of hydrogen-bond donors (Lipinski definition) is 0. The summed E-state index contributed by atoms with van der Waals surface area (Å²) in [6, 6.07) is 9.26. The summed E-state index contributed by atoms with van der Waals surface area (Å²) in [5.74, 6) is 0.0958. The van der Waals surface area contributed by atoms with Crippen LogP contribution in [0, 0.1) is 0 Å². The Kier molecular flexibility index (Phi) is 14.1. The number of carbonyl (C=O) groups is 1. The third-order valence-corrected chi connectivity index (χ3v) is 6.10. The van der Waals surface area contributed by atoms with Crippen molar-refractivity contribution in [1.82, 2.24) is 0 Å². The number of unbranched alkanes of at least 4 members (excludes halogenated alkanes) is 6. The Hall–Kier alpha value is -1.06. The second-order valence-electron chi connectivity index (χ2n) is 8.36. The summed E-state index contributed by atoms with van der Waals surface area (Å²) < 4.78 is 6.91. The summed E-state index contributed by atoms with van der Waals surface area (Å²) in [4.78, 5) is 12.6. The molecule has 166 valence electrons. The van der Waals surface area contributed by atoms with Crippen LogP contribution in [0.4, 0.5) is 0 Å². The molecule has 0 radical (unpaired) electrons. The van der Waals surface area contributed by atoms with Gasteiger partial charge in [-0.2, -0.15) is 0 Å². The van der Waals surface area contributed by atoms with Crippen LogP contribution in [-0.2, 0) is 4.74 Å². The number of halogens is 1. The molecule has 1 aromatic rings. The summed E-state index contributed by atoms with van der Waals surface area (Å²) in [6.45, 7) is 11.1. The number of nitrogens with zero attached hydrogens (tertiary/aromatic N) is 1. The van der Waals surface area contributed by atoms with Crippen LogP contribution in [0.1, 0.15) is 88.9 Å². The molecule has 0 saturated carbocycles. The highest BCUT2D eigenvalue weighted by Gasteiger charge is 2.31. The van der Waals surface area contributed by atoms with Crippen molar-refractivity contribution < 1.29 is 14.0 Å². The highest BCUT2D eigenvalue weighted by atomic mass is 35.5. The summed E-state index contributed by atoms with van der Waals surface area (Å²) in [5.41, 5.74) is 0.601. The van der Waals surface area contributed by atoms with Gasteiger partial charge in [0.05, 0.1) is 31.1 Å². The van der Waals surface area contributed by atoms with E-state index in [4.69, 9.17) is 16.3 Å². The molecule has 0 fully saturated rings. The third-order valence-electron chi connectivity index (χ3n) is 5.75. The van der Waals surface area contributed by atoms with Crippen LogP contribution >= 0.6 is 11.6 Å². The second kappa shape index (κ2) is 15.7. The van der Waals surface area contributed by atoms with Crippen molar-refractivity contribution in [2.24, 2.45) is 0 Å². The van der Waals surface area contributed by atoms with E-state index in [-0.39, 0.29) is 12.1 Å². The SMILES string of the molecule is CCCCC[N+](CCCCC)(CCCCC)CC(CCl)OC(=O)c1ccccc1. The van der Waals surface area contributed by atoms with Gasteiger partial charge in [0, 0.05) is 0 Å². The minimum absolute atomic E-state index is 0.241. The number of rotatable bonds is 17. The Labute approximate surface area is 184 Å². The first-order valence-corrected chi connectivity index (χ1v) is 12.3. The Morgan fingerprint density at radius 2 is 1.34 bits per heavy atom. The van der Waals surface area contributed by atoms with Crippen molar-refractivity contribution >= 4 is 17.6 Å². The largest absolute Gasteiger partial charge is 0.451 e. The fourth-order valence-electron chi connectivity index (χ4n) is 4.04. The second-order valence-corrected chi connectivity index (χ2v) is 8.67. The van der Waals surface area contributed by atoms with E-state index in [0.29, 0.717) is 11.4 Å². The molecular weight excluding hydrogens is 382 g/mol. The molecule has 1 aromatic carbocycles. The van der Waals surface area contributed by atoms with E-state index >= 15 is 0 Å². The van der Waals surface area contributed by atoms with Crippen molar-refractivity contribution in [3.8, 4) is 0 Å². The quantitative estimate of drug-likeness (QED) is 0.118. The van der Waals surface area contributed by atoms with E-state index in [1.807, 2.05) is 18.2 Å². The lowest BCUT2D eigenvalue weighted by atomic mass is 10.1. The molecule has 0 saturated heterocycles. The molecule has 4 heteroatoms. The van der Waals surface area contributed by atoms with E-state index in [9.17, 15) is 4.79 Å². The summed E-state index contributed by atoms with van der Waals surface area (Å²) in [7, 11) is 0. The Morgan fingerprint density at radius 3 is 1.76 bits per heavy atom. The van der Waals surface area contributed by atoms with Gasteiger partial charge in [0.1, 0.15) is 6.54 Å². The topological polar surface area (TPSA) is 26.3 Å². The van der Waals surface area contributed by atoms with Gasteiger partial charge in [-0.1, -0.05) is 58.2 Å². The normalized spacial score (nSPS) is 12.7. The number of benzene rings is 1. The molecule has 0 aliphatic heterocycles. The van der Waals surface area contributed by atoms with E-state index in [1.54, 1.807) is 12.1 Å². The number of hydrogen-bond acceptors (Lipinski definition) is 2. The molecule has 1 rings (SSSR count). The number of esters is 1. The smallest absolute Gasteiger partial charge is 0.338 e. The third kappa shape index (κ3) is 10.5. The molecule has 0 spiro atoms. The maximum Gasteiger partial charge on any atom is 0.338 e. The summed E-state index contributed by atoms with van der Waals surface area (Å²) >= 11 is 6.30. The average Bonchev–Trinajstić information content (AvgIpc) is 2.74. The van der Waals surface area contributed by atoms with Crippen LogP contribution in [0.5, 0.6) is 0 Å². The van der Waals surface area contributed by atoms with Gasteiger partial charge in [0.25, 0.3) is 0 Å². The van der Waals surface area contributed by atoms with Gasteiger partial charge in [-0.25, -0.2) is 4.79 Å². The fraction of sp³-hybridized carbons (Fsp3) is 0.720. The zero-order valence-corrected chi connectivity index (χ0v) is 19.8.